The van der Waals surface area contributed by atoms with Gasteiger partial charge in [-0.1, -0.05) is 19.8 Å². The molecule has 0 heterocycles. The van der Waals surface area contributed by atoms with Crippen LogP contribution in [0.4, 0.5) is 13.2 Å². The number of hydrogen-bond donors (Lipinski definition) is 1. The molecule has 0 saturated heterocycles. The zero-order chi connectivity index (χ0) is 13.4. The predicted octanol–water partition coefficient (Wildman–Crippen LogP) is 3.37. The van der Waals surface area contributed by atoms with Gasteiger partial charge in [-0.25, -0.2) is 0 Å². The molecular formula is C13H24F3NO. The average molecular weight is 267 g/mol. The van der Waals surface area contributed by atoms with Crippen LogP contribution in [0.1, 0.15) is 39.0 Å². The molecule has 0 aromatic carbocycles. The first-order valence-corrected chi connectivity index (χ1v) is 6.82. The normalized spacial score (nSPS) is 25.3. The van der Waals surface area contributed by atoms with Gasteiger partial charge >= 0.3 is 6.18 Å². The second kappa shape index (κ2) is 8.00. The quantitative estimate of drug-likeness (QED) is 0.714. The van der Waals surface area contributed by atoms with Gasteiger partial charge < -0.3 is 10.1 Å². The van der Waals surface area contributed by atoms with E-state index in [2.05, 4.69) is 17.0 Å². The minimum atomic E-state index is -4.20. The van der Waals surface area contributed by atoms with Crippen molar-refractivity contribution >= 4 is 0 Å². The van der Waals surface area contributed by atoms with Crippen molar-refractivity contribution in [1.29, 1.82) is 0 Å². The Kier molecular flexibility index (Phi) is 7.00. The number of nitrogens with one attached hydrogen (secondary N) is 1. The summed E-state index contributed by atoms with van der Waals surface area (Å²) in [7, 11) is 0. The molecule has 1 fully saturated rings. The van der Waals surface area contributed by atoms with Crippen molar-refractivity contribution in [3.8, 4) is 0 Å². The topological polar surface area (TPSA) is 21.3 Å². The highest BCUT2D eigenvalue weighted by Gasteiger charge is 2.27. The fraction of sp³-hybridized carbons (Fsp3) is 1.00. The lowest BCUT2D eigenvalue weighted by Gasteiger charge is -2.26. The van der Waals surface area contributed by atoms with Gasteiger partial charge in [0.15, 0.2) is 0 Å². The van der Waals surface area contributed by atoms with Crippen LogP contribution in [0.5, 0.6) is 0 Å². The second-order valence-corrected chi connectivity index (χ2v) is 5.36. The van der Waals surface area contributed by atoms with E-state index in [4.69, 9.17) is 0 Å². The summed E-state index contributed by atoms with van der Waals surface area (Å²) in [4.78, 5) is 0. The van der Waals surface area contributed by atoms with Crippen LogP contribution in [0, 0.1) is 11.8 Å². The molecule has 1 N–H and O–H groups in total. The summed E-state index contributed by atoms with van der Waals surface area (Å²) >= 11 is 0. The van der Waals surface area contributed by atoms with Crippen LogP contribution in [-0.2, 0) is 4.74 Å². The van der Waals surface area contributed by atoms with E-state index in [-0.39, 0.29) is 6.61 Å². The number of ether oxygens (including phenoxy) is 1. The molecule has 0 radical (unpaired) electrons. The molecule has 1 aliphatic rings. The summed E-state index contributed by atoms with van der Waals surface area (Å²) in [5, 5.41) is 3.31. The van der Waals surface area contributed by atoms with Gasteiger partial charge in [0.05, 0.1) is 0 Å². The summed E-state index contributed by atoms with van der Waals surface area (Å²) in [5.41, 5.74) is 0. The maximum atomic E-state index is 11.8. The number of halogens is 3. The van der Waals surface area contributed by atoms with Crippen LogP contribution >= 0.6 is 0 Å². The maximum Gasteiger partial charge on any atom is 0.411 e. The Bertz CT molecular complexity index is 221. The molecule has 108 valence electrons. The monoisotopic (exact) mass is 267 g/mol. The summed E-state index contributed by atoms with van der Waals surface area (Å²) < 4.78 is 39.9. The van der Waals surface area contributed by atoms with Gasteiger partial charge in [-0.3, -0.25) is 0 Å². The summed E-state index contributed by atoms with van der Waals surface area (Å²) in [6.07, 6.45) is 1.63. The van der Waals surface area contributed by atoms with E-state index >= 15 is 0 Å². The SMILES string of the molecule is CC1CCCC(CNCCCOCC(F)(F)F)C1. The molecule has 0 aromatic rings. The standard InChI is InChI=1S/C13H24F3NO/c1-11-4-2-5-12(8-11)9-17-6-3-7-18-10-13(14,15)16/h11-12,17H,2-10H2,1H3. The molecule has 0 spiro atoms. The summed E-state index contributed by atoms with van der Waals surface area (Å²) in [5.74, 6) is 1.56. The maximum absolute atomic E-state index is 11.8. The largest absolute Gasteiger partial charge is 0.411 e. The van der Waals surface area contributed by atoms with Crippen molar-refractivity contribution in [2.75, 3.05) is 26.3 Å². The predicted molar refractivity (Wildman–Crippen MR) is 65.5 cm³/mol. The first-order valence-electron chi connectivity index (χ1n) is 6.82. The van der Waals surface area contributed by atoms with E-state index in [1.807, 2.05) is 0 Å². The third-order valence-corrected chi connectivity index (χ3v) is 3.39. The molecule has 2 unspecified atom stereocenters. The second-order valence-electron chi connectivity index (χ2n) is 5.36. The van der Waals surface area contributed by atoms with Gasteiger partial charge in [0.25, 0.3) is 0 Å². The van der Waals surface area contributed by atoms with Gasteiger partial charge in [0, 0.05) is 6.61 Å². The zero-order valence-corrected chi connectivity index (χ0v) is 11.1. The van der Waals surface area contributed by atoms with Crippen molar-refractivity contribution in [3.05, 3.63) is 0 Å². The van der Waals surface area contributed by atoms with E-state index < -0.39 is 12.8 Å². The Morgan fingerprint density at radius 3 is 2.72 bits per heavy atom. The molecule has 0 aliphatic heterocycles. The van der Waals surface area contributed by atoms with Crippen LogP contribution in [0.25, 0.3) is 0 Å². The number of rotatable bonds is 7. The van der Waals surface area contributed by atoms with Crippen LogP contribution in [0.15, 0.2) is 0 Å². The van der Waals surface area contributed by atoms with E-state index in [0.29, 0.717) is 6.42 Å². The highest BCUT2D eigenvalue weighted by atomic mass is 19.4. The van der Waals surface area contributed by atoms with E-state index in [9.17, 15) is 13.2 Å². The van der Waals surface area contributed by atoms with Crippen molar-refractivity contribution in [2.45, 2.75) is 45.2 Å². The van der Waals surface area contributed by atoms with Gasteiger partial charge in [0.1, 0.15) is 6.61 Å². The molecule has 5 heteroatoms. The number of alkyl halides is 3. The Morgan fingerprint density at radius 2 is 2.06 bits per heavy atom. The fourth-order valence-corrected chi connectivity index (χ4v) is 2.54. The molecule has 1 saturated carbocycles. The molecular weight excluding hydrogens is 243 g/mol. The highest BCUT2D eigenvalue weighted by molar-refractivity contribution is 4.72. The van der Waals surface area contributed by atoms with E-state index in [1.54, 1.807) is 0 Å². The van der Waals surface area contributed by atoms with Gasteiger partial charge in [-0.2, -0.15) is 13.2 Å². The van der Waals surface area contributed by atoms with Gasteiger partial charge in [-0.15, -0.1) is 0 Å². The Labute approximate surface area is 107 Å². The Morgan fingerprint density at radius 1 is 1.28 bits per heavy atom. The molecule has 2 nitrogen and oxygen atoms in total. The van der Waals surface area contributed by atoms with Crippen LogP contribution < -0.4 is 5.32 Å². The first-order chi connectivity index (χ1) is 8.47. The van der Waals surface area contributed by atoms with Gasteiger partial charge in [-0.05, 0) is 44.2 Å². The molecule has 2 atom stereocenters. The lowest BCUT2D eigenvalue weighted by atomic mass is 9.82. The summed E-state index contributed by atoms with van der Waals surface area (Å²) in [6.45, 7) is 3.06. The van der Waals surface area contributed by atoms with Crippen molar-refractivity contribution < 1.29 is 17.9 Å². The molecule has 0 amide bonds. The lowest BCUT2D eigenvalue weighted by Crippen LogP contribution is -2.28. The Balaban J connectivity index is 1.89. The minimum absolute atomic E-state index is 0.174. The molecule has 0 aromatic heterocycles. The fourth-order valence-electron chi connectivity index (χ4n) is 2.54. The van der Waals surface area contributed by atoms with Gasteiger partial charge in [0.2, 0.25) is 0 Å². The Hall–Kier alpha value is -0.290. The van der Waals surface area contributed by atoms with Crippen LogP contribution in [0.3, 0.4) is 0 Å². The molecule has 0 bridgehead atoms. The minimum Gasteiger partial charge on any atom is -0.372 e. The molecule has 18 heavy (non-hydrogen) atoms. The zero-order valence-electron chi connectivity index (χ0n) is 11.1. The molecule has 1 rings (SSSR count). The summed E-state index contributed by atoms with van der Waals surface area (Å²) in [6, 6.07) is 0. The smallest absolute Gasteiger partial charge is 0.372 e. The lowest BCUT2D eigenvalue weighted by molar-refractivity contribution is -0.173. The molecule has 1 aliphatic carbocycles. The van der Waals surface area contributed by atoms with Crippen LogP contribution in [-0.4, -0.2) is 32.5 Å². The van der Waals surface area contributed by atoms with Crippen molar-refractivity contribution in [3.63, 3.8) is 0 Å². The third-order valence-electron chi connectivity index (χ3n) is 3.39. The van der Waals surface area contributed by atoms with E-state index in [1.165, 1.54) is 25.7 Å². The van der Waals surface area contributed by atoms with Crippen molar-refractivity contribution in [1.82, 2.24) is 5.32 Å². The number of hydrogen-bond acceptors (Lipinski definition) is 2. The third kappa shape index (κ3) is 7.93. The first kappa shape index (κ1) is 15.8. The average Bonchev–Trinajstić information content (AvgIpc) is 2.26. The van der Waals surface area contributed by atoms with Crippen molar-refractivity contribution in [2.24, 2.45) is 11.8 Å². The van der Waals surface area contributed by atoms with Crippen LogP contribution in [0.2, 0.25) is 0 Å². The van der Waals surface area contributed by atoms with E-state index in [0.717, 1.165) is 24.9 Å². The highest BCUT2D eigenvalue weighted by Crippen LogP contribution is 2.27.